The molecule has 4 nitrogen and oxygen atoms in total. The van der Waals surface area contributed by atoms with Gasteiger partial charge in [0, 0.05) is 25.6 Å². The molecule has 2 rings (SSSR count). The van der Waals surface area contributed by atoms with Crippen LogP contribution in [-0.2, 0) is 24.4 Å². The first-order valence-electron chi connectivity index (χ1n) is 6.89. The van der Waals surface area contributed by atoms with Gasteiger partial charge < -0.3 is 15.0 Å². The molecule has 1 heterocycles. The maximum absolute atomic E-state index is 12.2. The highest BCUT2D eigenvalue weighted by Gasteiger charge is 2.11. The normalized spacial score (nSPS) is 10.5. The second-order valence-corrected chi connectivity index (χ2v) is 6.72. The molecular weight excluding hydrogens is 320 g/mol. The summed E-state index contributed by atoms with van der Waals surface area (Å²) in [5.41, 5.74) is 2.14. The van der Waals surface area contributed by atoms with Gasteiger partial charge in [0.2, 0.25) is 0 Å². The van der Waals surface area contributed by atoms with Crippen molar-refractivity contribution in [1.29, 1.82) is 0 Å². The van der Waals surface area contributed by atoms with E-state index in [1.54, 1.807) is 19.1 Å². The zero-order valence-corrected chi connectivity index (χ0v) is 14.2. The fourth-order valence-electron chi connectivity index (χ4n) is 2.07. The molecule has 0 saturated heterocycles. The van der Waals surface area contributed by atoms with Gasteiger partial charge in [-0.1, -0.05) is 35.9 Å². The third kappa shape index (κ3) is 4.73. The molecule has 1 aromatic carbocycles. The molecular formula is C16H19ClN2O2S. The van der Waals surface area contributed by atoms with Crippen molar-refractivity contribution in [2.45, 2.75) is 19.7 Å². The van der Waals surface area contributed by atoms with Crippen LogP contribution >= 0.6 is 22.9 Å². The number of methoxy groups -OCH3 is 1. The summed E-state index contributed by atoms with van der Waals surface area (Å²) < 4.78 is 5.90. The van der Waals surface area contributed by atoms with Crippen molar-refractivity contribution < 1.29 is 9.53 Å². The van der Waals surface area contributed by atoms with Gasteiger partial charge in [-0.05, 0) is 23.3 Å². The summed E-state index contributed by atoms with van der Waals surface area (Å²) >= 11 is 7.38. The Morgan fingerprint density at radius 1 is 1.27 bits per heavy atom. The van der Waals surface area contributed by atoms with Gasteiger partial charge in [-0.25, -0.2) is 4.79 Å². The number of ether oxygens (including phenoxy) is 1. The first-order valence-corrected chi connectivity index (χ1v) is 8.08. The lowest BCUT2D eigenvalue weighted by molar-refractivity contribution is 0.183. The number of nitrogens with zero attached hydrogens (tertiary/aromatic N) is 1. The van der Waals surface area contributed by atoms with Crippen molar-refractivity contribution >= 4 is 29.0 Å². The lowest BCUT2D eigenvalue weighted by Gasteiger charge is -2.18. The Morgan fingerprint density at radius 3 is 2.64 bits per heavy atom. The molecule has 0 saturated carbocycles. The highest BCUT2D eigenvalue weighted by atomic mass is 35.5. The first kappa shape index (κ1) is 16.8. The van der Waals surface area contributed by atoms with Crippen molar-refractivity contribution in [3.63, 3.8) is 0 Å². The maximum atomic E-state index is 12.2. The number of hydrogen-bond donors (Lipinski definition) is 1. The van der Waals surface area contributed by atoms with E-state index in [0.717, 1.165) is 20.3 Å². The van der Waals surface area contributed by atoms with Crippen molar-refractivity contribution in [2.24, 2.45) is 0 Å². The number of nitrogens with one attached hydrogen (secondary N) is 1. The van der Waals surface area contributed by atoms with E-state index in [1.165, 1.54) is 11.3 Å². The van der Waals surface area contributed by atoms with E-state index in [2.05, 4.69) is 5.32 Å². The lowest BCUT2D eigenvalue weighted by Crippen LogP contribution is -2.36. The number of rotatable bonds is 6. The monoisotopic (exact) mass is 338 g/mol. The number of benzene rings is 1. The molecule has 0 spiro atoms. The molecule has 2 aromatic rings. The predicted octanol–water partition coefficient (Wildman–Crippen LogP) is 3.89. The topological polar surface area (TPSA) is 41.6 Å². The van der Waals surface area contributed by atoms with Gasteiger partial charge in [-0.15, -0.1) is 11.3 Å². The van der Waals surface area contributed by atoms with Crippen LogP contribution in [-0.4, -0.2) is 25.1 Å². The van der Waals surface area contributed by atoms with Crippen LogP contribution in [0.2, 0.25) is 4.34 Å². The molecule has 0 aliphatic rings. The Bertz CT molecular complexity index is 630. The van der Waals surface area contributed by atoms with Crippen LogP contribution in [0.5, 0.6) is 0 Å². The average molecular weight is 339 g/mol. The van der Waals surface area contributed by atoms with Crippen LogP contribution in [0.25, 0.3) is 0 Å². The third-order valence-corrected chi connectivity index (χ3v) is 4.43. The number of carbonyl (C=O) groups excluding carboxylic acids is 1. The van der Waals surface area contributed by atoms with E-state index in [1.807, 2.05) is 36.4 Å². The summed E-state index contributed by atoms with van der Waals surface area (Å²) in [7, 11) is 3.43. The summed E-state index contributed by atoms with van der Waals surface area (Å²) in [6, 6.07) is 11.6. The summed E-state index contributed by atoms with van der Waals surface area (Å²) in [4.78, 5) is 14.8. The molecule has 22 heavy (non-hydrogen) atoms. The molecule has 0 radical (unpaired) electrons. The van der Waals surface area contributed by atoms with Crippen molar-refractivity contribution in [3.8, 4) is 0 Å². The minimum atomic E-state index is -0.114. The highest BCUT2D eigenvalue weighted by molar-refractivity contribution is 7.16. The second kappa shape index (κ2) is 8.17. The van der Waals surface area contributed by atoms with Crippen LogP contribution in [0.1, 0.15) is 16.0 Å². The zero-order chi connectivity index (χ0) is 15.9. The molecule has 0 unspecified atom stereocenters. The quantitative estimate of drug-likeness (QED) is 0.868. The smallest absolute Gasteiger partial charge is 0.317 e. The fraction of sp³-hybridized carbons (Fsp3) is 0.312. The SMILES string of the molecule is COCc1ccccc1CNC(=O)N(C)Cc1ccc(Cl)s1. The van der Waals surface area contributed by atoms with E-state index in [4.69, 9.17) is 16.3 Å². The van der Waals surface area contributed by atoms with E-state index >= 15 is 0 Å². The highest BCUT2D eigenvalue weighted by Crippen LogP contribution is 2.22. The number of carbonyl (C=O) groups is 1. The average Bonchev–Trinajstić information content (AvgIpc) is 2.91. The fourth-order valence-corrected chi connectivity index (χ4v) is 3.22. The minimum Gasteiger partial charge on any atom is -0.380 e. The largest absolute Gasteiger partial charge is 0.380 e. The van der Waals surface area contributed by atoms with E-state index in [-0.39, 0.29) is 6.03 Å². The van der Waals surface area contributed by atoms with Gasteiger partial charge in [0.05, 0.1) is 17.5 Å². The van der Waals surface area contributed by atoms with Gasteiger partial charge in [0.1, 0.15) is 0 Å². The number of amides is 2. The van der Waals surface area contributed by atoms with E-state index < -0.39 is 0 Å². The van der Waals surface area contributed by atoms with Crippen LogP contribution in [0.4, 0.5) is 4.79 Å². The molecule has 0 fully saturated rings. The van der Waals surface area contributed by atoms with Gasteiger partial charge in [0.15, 0.2) is 0 Å². The lowest BCUT2D eigenvalue weighted by atomic mass is 10.1. The van der Waals surface area contributed by atoms with Crippen LogP contribution in [0.3, 0.4) is 0 Å². The van der Waals surface area contributed by atoms with Crippen LogP contribution < -0.4 is 5.32 Å². The molecule has 118 valence electrons. The van der Waals surface area contributed by atoms with Crippen molar-refractivity contribution in [2.75, 3.05) is 14.2 Å². The number of halogens is 1. The zero-order valence-electron chi connectivity index (χ0n) is 12.6. The number of urea groups is 1. The predicted molar refractivity (Wildman–Crippen MR) is 90.2 cm³/mol. The number of thiophene rings is 1. The van der Waals surface area contributed by atoms with Crippen LogP contribution in [0.15, 0.2) is 36.4 Å². The summed E-state index contributed by atoms with van der Waals surface area (Å²) in [5.74, 6) is 0. The minimum absolute atomic E-state index is 0.114. The Kier molecular flexibility index (Phi) is 6.24. The molecule has 0 atom stereocenters. The first-order chi connectivity index (χ1) is 10.6. The molecule has 0 bridgehead atoms. The number of hydrogen-bond acceptors (Lipinski definition) is 3. The van der Waals surface area contributed by atoms with E-state index in [9.17, 15) is 4.79 Å². The standard InChI is InChI=1S/C16H19ClN2O2S/c1-19(10-14-7-8-15(17)22-14)16(20)18-9-12-5-3-4-6-13(12)11-21-2/h3-8H,9-11H2,1-2H3,(H,18,20). The van der Waals surface area contributed by atoms with Gasteiger partial charge in [-0.3, -0.25) is 0 Å². The Labute approximate surface area is 139 Å². The molecule has 0 aliphatic heterocycles. The van der Waals surface area contributed by atoms with Crippen LogP contribution in [0, 0.1) is 0 Å². The molecule has 6 heteroatoms. The Hall–Kier alpha value is -1.56. The summed E-state index contributed by atoms with van der Waals surface area (Å²) in [5, 5.41) is 2.93. The van der Waals surface area contributed by atoms with Crippen molar-refractivity contribution in [3.05, 3.63) is 56.7 Å². The summed E-state index contributed by atoms with van der Waals surface area (Å²) in [6.07, 6.45) is 0. The Morgan fingerprint density at radius 2 is 2.00 bits per heavy atom. The van der Waals surface area contributed by atoms with Gasteiger partial charge in [-0.2, -0.15) is 0 Å². The van der Waals surface area contributed by atoms with E-state index in [0.29, 0.717) is 19.7 Å². The summed E-state index contributed by atoms with van der Waals surface area (Å²) in [6.45, 7) is 1.56. The molecule has 1 N–H and O–H groups in total. The van der Waals surface area contributed by atoms with Crippen molar-refractivity contribution in [1.82, 2.24) is 10.2 Å². The third-order valence-electron chi connectivity index (χ3n) is 3.22. The second-order valence-electron chi connectivity index (χ2n) is 4.92. The Balaban J connectivity index is 1.89. The van der Waals surface area contributed by atoms with Gasteiger partial charge in [0.25, 0.3) is 0 Å². The molecule has 1 aromatic heterocycles. The molecule has 2 amide bonds. The maximum Gasteiger partial charge on any atom is 0.317 e. The molecule has 0 aliphatic carbocycles. The van der Waals surface area contributed by atoms with Gasteiger partial charge >= 0.3 is 6.03 Å².